The van der Waals surface area contributed by atoms with Gasteiger partial charge in [0.15, 0.2) is 0 Å². The van der Waals surface area contributed by atoms with Crippen LogP contribution in [0.3, 0.4) is 0 Å². The van der Waals surface area contributed by atoms with E-state index in [9.17, 15) is 0 Å². The molecule has 5 heteroatoms. The van der Waals surface area contributed by atoms with E-state index in [0.717, 1.165) is 5.56 Å². The van der Waals surface area contributed by atoms with E-state index in [1.54, 1.807) is 24.3 Å². The van der Waals surface area contributed by atoms with Crippen LogP contribution in [0.2, 0.25) is 0 Å². The summed E-state index contributed by atoms with van der Waals surface area (Å²) >= 11 is 0. The van der Waals surface area contributed by atoms with Crippen LogP contribution in [0.4, 0.5) is 5.82 Å². The van der Waals surface area contributed by atoms with Crippen LogP contribution < -0.4 is 10.5 Å². The molecule has 0 saturated carbocycles. The van der Waals surface area contributed by atoms with Crippen molar-refractivity contribution in [1.29, 1.82) is 0 Å². The maximum Gasteiger partial charge on any atom is 0.224 e. The number of hydrogen-bond acceptors (Lipinski definition) is 5. The minimum Gasteiger partial charge on any atom is -0.439 e. The lowest BCUT2D eigenvalue weighted by Gasteiger charge is -2.05. The minimum atomic E-state index is -0.0247. The average molecular weight is 217 g/mol. The van der Waals surface area contributed by atoms with E-state index in [1.165, 1.54) is 12.4 Å². The zero-order chi connectivity index (χ0) is 11.4. The fourth-order valence-corrected chi connectivity index (χ4v) is 1.24. The SMILES string of the molecule is Nc1cc(Oc2cccc(CO)c2)ncn1. The first-order valence-electron chi connectivity index (χ1n) is 4.73. The van der Waals surface area contributed by atoms with Crippen LogP contribution in [0, 0.1) is 0 Å². The number of ether oxygens (including phenoxy) is 1. The summed E-state index contributed by atoms with van der Waals surface area (Å²) in [7, 11) is 0. The van der Waals surface area contributed by atoms with E-state index in [2.05, 4.69) is 9.97 Å². The van der Waals surface area contributed by atoms with E-state index in [0.29, 0.717) is 17.4 Å². The molecular formula is C11H11N3O2. The van der Waals surface area contributed by atoms with Gasteiger partial charge < -0.3 is 15.6 Å². The lowest BCUT2D eigenvalue weighted by atomic mass is 10.2. The zero-order valence-corrected chi connectivity index (χ0v) is 8.50. The van der Waals surface area contributed by atoms with Gasteiger partial charge in [-0.15, -0.1) is 0 Å². The number of nitrogens with zero attached hydrogens (tertiary/aromatic N) is 2. The predicted molar refractivity (Wildman–Crippen MR) is 58.9 cm³/mol. The van der Waals surface area contributed by atoms with Gasteiger partial charge in [-0.25, -0.2) is 9.97 Å². The summed E-state index contributed by atoms with van der Waals surface area (Å²) in [6.07, 6.45) is 1.33. The fraction of sp³-hybridized carbons (Fsp3) is 0.0909. The molecule has 0 radical (unpaired) electrons. The summed E-state index contributed by atoms with van der Waals surface area (Å²) in [5.74, 6) is 1.33. The number of aromatic nitrogens is 2. The molecule has 1 aromatic heterocycles. The third-order valence-corrected chi connectivity index (χ3v) is 1.97. The lowest BCUT2D eigenvalue weighted by molar-refractivity contribution is 0.281. The molecule has 16 heavy (non-hydrogen) atoms. The van der Waals surface area contributed by atoms with Gasteiger partial charge in [-0.3, -0.25) is 0 Å². The second-order valence-electron chi connectivity index (χ2n) is 3.19. The maximum atomic E-state index is 8.97. The molecule has 0 aliphatic rings. The Hall–Kier alpha value is -2.14. The largest absolute Gasteiger partial charge is 0.439 e. The molecule has 1 aromatic carbocycles. The summed E-state index contributed by atoms with van der Waals surface area (Å²) in [5.41, 5.74) is 6.27. The highest BCUT2D eigenvalue weighted by Crippen LogP contribution is 2.20. The van der Waals surface area contributed by atoms with E-state index in [4.69, 9.17) is 15.6 Å². The third kappa shape index (κ3) is 2.46. The molecule has 2 rings (SSSR count). The van der Waals surface area contributed by atoms with Gasteiger partial charge in [0.05, 0.1) is 6.61 Å². The number of aliphatic hydroxyl groups is 1. The van der Waals surface area contributed by atoms with Crippen molar-refractivity contribution in [3.05, 3.63) is 42.2 Å². The Morgan fingerprint density at radius 2 is 2.12 bits per heavy atom. The smallest absolute Gasteiger partial charge is 0.224 e. The van der Waals surface area contributed by atoms with Gasteiger partial charge >= 0.3 is 0 Å². The molecule has 0 amide bonds. The number of rotatable bonds is 3. The highest BCUT2D eigenvalue weighted by atomic mass is 16.5. The van der Waals surface area contributed by atoms with Crippen molar-refractivity contribution in [2.45, 2.75) is 6.61 Å². The van der Waals surface area contributed by atoms with E-state index in [-0.39, 0.29) is 6.61 Å². The first-order valence-corrected chi connectivity index (χ1v) is 4.73. The summed E-state index contributed by atoms with van der Waals surface area (Å²) in [4.78, 5) is 7.68. The molecule has 0 spiro atoms. The Kier molecular flexibility index (Phi) is 2.98. The first-order chi connectivity index (χ1) is 7.78. The monoisotopic (exact) mass is 217 g/mol. The number of benzene rings is 1. The number of anilines is 1. The number of hydrogen-bond donors (Lipinski definition) is 2. The Morgan fingerprint density at radius 3 is 2.88 bits per heavy atom. The zero-order valence-electron chi connectivity index (χ0n) is 8.50. The molecule has 0 aliphatic carbocycles. The number of nitrogen functional groups attached to an aromatic ring is 1. The quantitative estimate of drug-likeness (QED) is 0.810. The van der Waals surface area contributed by atoms with Gasteiger partial charge in [-0.1, -0.05) is 12.1 Å². The van der Waals surface area contributed by atoms with Gasteiger partial charge in [-0.2, -0.15) is 0 Å². The van der Waals surface area contributed by atoms with Crippen molar-refractivity contribution in [2.75, 3.05) is 5.73 Å². The third-order valence-electron chi connectivity index (χ3n) is 1.97. The van der Waals surface area contributed by atoms with Gasteiger partial charge in [-0.05, 0) is 17.7 Å². The molecular weight excluding hydrogens is 206 g/mol. The Morgan fingerprint density at radius 1 is 1.25 bits per heavy atom. The molecule has 0 bridgehead atoms. The molecule has 0 saturated heterocycles. The van der Waals surface area contributed by atoms with E-state index in [1.807, 2.05) is 0 Å². The van der Waals surface area contributed by atoms with Gasteiger partial charge in [0.25, 0.3) is 0 Å². The number of nitrogens with two attached hydrogens (primary N) is 1. The molecule has 2 aromatic rings. The summed E-state index contributed by atoms with van der Waals surface area (Å²) < 4.78 is 5.46. The second kappa shape index (κ2) is 4.59. The standard InChI is InChI=1S/C11H11N3O2/c12-10-5-11(14-7-13-10)16-9-3-1-2-8(4-9)6-15/h1-5,7,15H,6H2,(H2,12,13,14). The van der Waals surface area contributed by atoms with Crippen LogP contribution in [0.15, 0.2) is 36.7 Å². The van der Waals surface area contributed by atoms with Crippen molar-refractivity contribution in [3.8, 4) is 11.6 Å². The highest BCUT2D eigenvalue weighted by molar-refractivity contribution is 5.35. The van der Waals surface area contributed by atoms with Crippen molar-refractivity contribution >= 4 is 5.82 Å². The highest BCUT2D eigenvalue weighted by Gasteiger charge is 2.00. The molecule has 0 atom stereocenters. The average Bonchev–Trinajstić information content (AvgIpc) is 2.29. The van der Waals surface area contributed by atoms with E-state index >= 15 is 0 Å². The van der Waals surface area contributed by atoms with Crippen molar-refractivity contribution in [1.82, 2.24) is 9.97 Å². The predicted octanol–water partition coefficient (Wildman–Crippen LogP) is 1.34. The molecule has 5 nitrogen and oxygen atoms in total. The molecule has 1 heterocycles. The molecule has 0 aliphatic heterocycles. The van der Waals surface area contributed by atoms with Crippen LogP contribution in [0.1, 0.15) is 5.56 Å². The fourth-order valence-electron chi connectivity index (χ4n) is 1.24. The minimum absolute atomic E-state index is 0.0247. The second-order valence-corrected chi connectivity index (χ2v) is 3.19. The Labute approximate surface area is 92.5 Å². The first kappa shape index (κ1) is 10.4. The summed E-state index contributed by atoms with van der Waals surface area (Å²) in [5, 5.41) is 8.97. The van der Waals surface area contributed by atoms with E-state index < -0.39 is 0 Å². The molecule has 82 valence electrons. The molecule has 3 N–H and O–H groups in total. The van der Waals surface area contributed by atoms with Crippen LogP contribution >= 0.6 is 0 Å². The van der Waals surface area contributed by atoms with Crippen molar-refractivity contribution in [3.63, 3.8) is 0 Å². The van der Waals surface area contributed by atoms with Crippen molar-refractivity contribution < 1.29 is 9.84 Å². The van der Waals surface area contributed by atoms with Gasteiger partial charge in [0.1, 0.15) is 17.9 Å². The Bertz CT molecular complexity index is 488. The van der Waals surface area contributed by atoms with Crippen LogP contribution in [0.5, 0.6) is 11.6 Å². The normalized spacial score (nSPS) is 10.1. The van der Waals surface area contributed by atoms with Gasteiger partial charge in [0.2, 0.25) is 5.88 Å². The lowest BCUT2D eigenvalue weighted by Crippen LogP contribution is -1.94. The topological polar surface area (TPSA) is 81.3 Å². The van der Waals surface area contributed by atoms with Crippen LogP contribution in [-0.2, 0) is 6.61 Å². The van der Waals surface area contributed by atoms with Gasteiger partial charge in [0, 0.05) is 6.07 Å². The Balaban J connectivity index is 2.20. The summed E-state index contributed by atoms with van der Waals surface area (Å²) in [6.45, 7) is -0.0247. The maximum absolute atomic E-state index is 8.97. The number of aliphatic hydroxyl groups excluding tert-OH is 1. The van der Waals surface area contributed by atoms with Crippen molar-refractivity contribution in [2.24, 2.45) is 0 Å². The van der Waals surface area contributed by atoms with Crippen LogP contribution in [-0.4, -0.2) is 15.1 Å². The molecule has 0 unspecified atom stereocenters. The van der Waals surface area contributed by atoms with Crippen LogP contribution in [0.25, 0.3) is 0 Å². The summed E-state index contributed by atoms with van der Waals surface area (Å²) in [6, 6.07) is 8.65. The molecule has 0 fully saturated rings.